The van der Waals surface area contributed by atoms with E-state index in [1.165, 1.54) is 0 Å². The summed E-state index contributed by atoms with van der Waals surface area (Å²) in [4.78, 5) is 10.8. The highest BCUT2D eigenvalue weighted by molar-refractivity contribution is 5.86. The molecular formula is C12H11NO2. The van der Waals surface area contributed by atoms with Gasteiger partial charge in [-0.3, -0.25) is 4.79 Å². The standard InChI is InChI=1S/C12H11NO2/c1-8-5-3-4-6-10(8)12-9(2)13-15-11(12)7-14/h3-7H,1-2H3. The molecule has 3 heteroatoms. The third-order valence-corrected chi connectivity index (χ3v) is 2.41. The highest BCUT2D eigenvalue weighted by Crippen LogP contribution is 2.28. The van der Waals surface area contributed by atoms with Gasteiger partial charge in [-0.05, 0) is 25.0 Å². The van der Waals surface area contributed by atoms with Crippen molar-refractivity contribution in [1.82, 2.24) is 5.16 Å². The van der Waals surface area contributed by atoms with Crippen LogP contribution in [-0.4, -0.2) is 11.4 Å². The minimum absolute atomic E-state index is 0.293. The van der Waals surface area contributed by atoms with Gasteiger partial charge in [-0.25, -0.2) is 0 Å². The molecule has 3 nitrogen and oxygen atoms in total. The van der Waals surface area contributed by atoms with Crippen LogP contribution in [0.1, 0.15) is 21.8 Å². The van der Waals surface area contributed by atoms with E-state index < -0.39 is 0 Å². The van der Waals surface area contributed by atoms with E-state index in [-0.39, 0.29) is 0 Å². The van der Waals surface area contributed by atoms with Crippen molar-refractivity contribution in [1.29, 1.82) is 0 Å². The van der Waals surface area contributed by atoms with Crippen LogP contribution in [0.2, 0.25) is 0 Å². The van der Waals surface area contributed by atoms with Gasteiger partial charge in [0.15, 0.2) is 6.29 Å². The van der Waals surface area contributed by atoms with Gasteiger partial charge in [-0.1, -0.05) is 29.4 Å². The third kappa shape index (κ3) is 1.56. The Labute approximate surface area is 87.7 Å². The second-order valence-electron chi connectivity index (χ2n) is 3.44. The number of aryl methyl sites for hydroxylation is 2. The minimum atomic E-state index is 0.293. The predicted molar refractivity (Wildman–Crippen MR) is 56.8 cm³/mol. The number of hydrogen-bond acceptors (Lipinski definition) is 3. The van der Waals surface area contributed by atoms with Crippen LogP contribution < -0.4 is 0 Å². The molecule has 0 fully saturated rings. The maximum absolute atomic E-state index is 10.8. The zero-order valence-corrected chi connectivity index (χ0v) is 8.65. The molecule has 0 radical (unpaired) electrons. The molecule has 0 aliphatic rings. The van der Waals surface area contributed by atoms with Crippen LogP contribution in [0.15, 0.2) is 28.8 Å². The fourth-order valence-corrected chi connectivity index (χ4v) is 1.65. The molecule has 1 aromatic carbocycles. The van der Waals surface area contributed by atoms with Crippen LogP contribution in [0.25, 0.3) is 11.1 Å². The van der Waals surface area contributed by atoms with Crippen LogP contribution in [0.5, 0.6) is 0 Å². The molecule has 1 heterocycles. The van der Waals surface area contributed by atoms with E-state index in [1.54, 1.807) is 0 Å². The summed E-state index contributed by atoms with van der Waals surface area (Å²) in [6.45, 7) is 3.83. The summed E-state index contributed by atoms with van der Waals surface area (Å²) in [5.74, 6) is 0.293. The SMILES string of the molecule is Cc1ccccc1-c1c(C)noc1C=O. The molecule has 0 spiro atoms. The Bertz CT molecular complexity index is 500. The van der Waals surface area contributed by atoms with Crippen LogP contribution >= 0.6 is 0 Å². The van der Waals surface area contributed by atoms with Crippen LogP contribution in [-0.2, 0) is 0 Å². The number of carbonyl (C=O) groups is 1. The van der Waals surface area contributed by atoms with E-state index in [0.29, 0.717) is 12.0 Å². The Balaban J connectivity index is 2.68. The van der Waals surface area contributed by atoms with Crippen molar-refractivity contribution in [3.05, 3.63) is 41.3 Å². The summed E-state index contributed by atoms with van der Waals surface area (Å²) in [6, 6.07) is 7.85. The first-order valence-corrected chi connectivity index (χ1v) is 4.71. The molecule has 0 aliphatic heterocycles. The number of aldehydes is 1. The van der Waals surface area contributed by atoms with Gasteiger partial charge in [0.05, 0.1) is 11.3 Å². The fraction of sp³-hybridized carbons (Fsp3) is 0.167. The topological polar surface area (TPSA) is 43.1 Å². The van der Waals surface area contributed by atoms with E-state index in [0.717, 1.165) is 22.4 Å². The smallest absolute Gasteiger partial charge is 0.207 e. The summed E-state index contributed by atoms with van der Waals surface area (Å²) in [6.07, 6.45) is 0.696. The first kappa shape index (κ1) is 9.65. The van der Waals surface area contributed by atoms with Gasteiger partial charge < -0.3 is 4.52 Å². The highest BCUT2D eigenvalue weighted by atomic mass is 16.5. The second kappa shape index (κ2) is 3.69. The van der Waals surface area contributed by atoms with Crippen molar-refractivity contribution in [2.75, 3.05) is 0 Å². The van der Waals surface area contributed by atoms with Gasteiger partial charge in [-0.15, -0.1) is 0 Å². The molecule has 0 N–H and O–H groups in total. The number of rotatable bonds is 2. The monoisotopic (exact) mass is 201 g/mol. The van der Waals surface area contributed by atoms with Crippen molar-refractivity contribution in [3.8, 4) is 11.1 Å². The summed E-state index contributed by atoms with van der Waals surface area (Å²) in [5.41, 5.74) is 3.64. The van der Waals surface area contributed by atoms with Crippen molar-refractivity contribution in [3.63, 3.8) is 0 Å². The number of aromatic nitrogens is 1. The molecule has 0 bridgehead atoms. The van der Waals surface area contributed by atoms with Gasteiger partial charge in [-0.2, -0.15) is 0 Å². The Morgan fingerprint density at radius 2 is 2.00 bits per heavy atom. The first-order valence-electron chi connectivity index (χ1n) is 4.71. The lowest BCUT2D eigenvalue weighted by atomic mass is 9.99. The zero-order chi connectivity index (χ0) is 10.8. The fourth-order valence-electron chi connectivity index (χ4n) is 1.65. The van der Waals surface area contributed by atoms with E-state index in [9.17, 15) is 4.79 Å². The molecular weight excluding hydrogens is 190 g/mol. The Hall–Kier alpha value is -1.90. The van der Waals surface area contributed by atoms with Gasteiger partial charge in [0.1, 0.15) is 0 Å². The molecule has 0 aliphatic carbocycles. The van der Waals surface area contributed by atoms with Crippen molar-refractivity contribution in [2.24, 2.45) is 0 Å². The Kier molecular flexibility index (Phi) is 2.37. The quantitative estimate of drug-likeness (QED) is 0.701. The summed E-state index contributed by atoms with van der Waals surface area (Å²) in [5, 5.41) is 3.80. The third-order valence-electron chi connectivity index (χ3n) is 2.41. The molecule has 1 aromatic heterocycles. The van der Waals surface area contributed by atoms with E-state index in [1.807, 2.05) is 38.1 Å². The lowest BCUT2D eigenvalue weighted by Crippen LogP contribution is -1.87. The number of hydrogen-bond donors (Lipinski definition) is 0. The van der Waals surface area contributed by atoms with Gasteiger partial charge >= 0.3 is 0 Å². The lowest BCUT2D eigenvalue weighted by molar-refractivity contribution is 0.109. The maximum Gasteiger partial charge on any atom is 0.207 e. The molecule has 2 aromatic rings. The average molecular weight is 201 g/mol. The van der Waals surface area contributed by atoms with Gasteiger partial charge in [0, 0.05) is 0 Å². The van der Waals surface area contributed by atoms with Gasteiger partial charge in [0.25, 0.3) is 0 Å². The average Bonchev–Trinajstić information content (AvgIpc) is 2.60. The maximum atomic E-state index is 10.8. The summed E-state index contributed by atoms with van der Waals surface area (Å²) < 4.78 is 4.94. The molecule has 0 atom stereocenters. The van der Waals surface area contributed by atoms with Crippen molar-refractivity contribution >= 4 is 6.29 Å². The minimum Gasteiger partial charge on any atom is -0.352 e. The van der Waals surface area contributed by atoms with Crippen molar-refractivity contribution in [2.45, 2.75) is 13.8 Å². The molecule has 0 amide bonds. The Morgan fingerprint density at radius 3 is 2.67 bits per heavy atom. The van der Waals surface area contributed by atoms with E-state index in [2.05, 4.69) is 5.16 Å². The van der Waals surface area contributed by atoms with E-state index in [4.69, 9.17) is 4.52 Å². The predicted octanol–water partition coefficient (Wildman–Crippen LogP) is 2.77. The molecule has 0 saturated heterocycles. The number of carbonyl (C=O) groups excluding carboxylic acids is 1. The number of benzene rings is 1. The second-order valence-corrected chi connectivity index (χ2v) is 3.44. The first-order chi connectivity index (χ1) is 7.24. The van der Waals surface area contributed by atoms with Crippen LogP contribution in [0.4, 0.5) is 0 Å². The van der Waals surface area contributed by atoms with Gasteiger partial charge in [0.2, 0.25) is 5.76 Å². The molecule has 2 rings (SSSR count). The summed E-state index contributed by atoms with van der Waals surface area (Å²) >= 11 is 0. The number of nitrogens with zero attached hydrogens (tertiary/aromatic N) is 1. The Morgan fingerprint density at radius 1 is 1.27 bits per heavy atom. The van der Waals surface area contributed by atoms with Crippen LogP contribution in [0, 0.1) is 13.8 Å². The molecule has 0 saturated carbocycles. The van der Waals surface area contributed by atoms with Crippen LogP contribution in [0.3, 0.4) is 0 Å². The molecule has 0 unspecified atom stereocenters. The molecule has 76 valence electrons. The van der Waals surface area contributed by atoms with E-state index >= 15 is 0 Å². The largest absolute Gasteiger partial charge is 0.352 e. The summed E-state index contributed by atoms with van der Waals surface area (Å²) in [7, 11) is 0. The lowest BCUT2D eigenvalue weighted by Gasteiger charge is -2.03. The normalized spacial score (nSPS) is 10.3. The molecule has 15 heavy (non-hydrogen) atoms. The van der Waals surface area contributed by atoms with Crippen molar-refractivity contribution < 1.29 is 9.32 Å². The highest BCUT2D eigenvalue weighted by Gasteiger charge is 2.15. The zero-order valence-electron chi connectivity index (χ0n) is 8.65.